The smallest absolute Gasteiger partial charge is 0.407 e. The Labute approximate surface area is 307 Å². The summed E-state index contributed by atoms with van der Waals surface area (Å²) >= 11 is 1.73. The number of amides is 1. The zero-order valence-corrected chi connectivity index (χ0v) is 32.6. The molecule has 2 heterocycles. The molecule has 0 saturated carbocycles. The summed E-state index contributed by atoms with van der Waals surface area (Å²) in [6.07, 6.45) is 28.8. The number of hydrogen-bond acceptors (Lipinski definition) is 8. The molecule has 0 bridgehead atoms. The SMILES string of the molecule is CCCCCCCCCCCCCCCCC[C@@H]1OC[C@@H](COC(=O)NCCCCCCC[n+]2ccsc2)O1.Cc1ccc(S(=O)(=O)[O-])cc1. The van der Waals surface area contributed by atoms with E-state index in [4.69, 9.17) is 14.2 Å². The van der Waals surface area contributed by atoms with Crippen LogP contribution in [0.5, 0.6) is 0 Å². The molecule has 1 N–H and O–H groups in total. The van der Waals surface area contributed by atoms with Gasteiger partial charge in [-0.3, -0.25) is 0 Å². The van der Waals surface area contributed by atoms with Gasteiger partial charge in [0.1, 0.15) is 29.4 Å². The van der Waals surface area contributed by atoms with E-state index in [-0.39, 0.29) is 30.0 Å². The van der Waals surface area contributed by atoms with Crippen LogP contribution < -0.4 is 9.88 Å². The average molecular weight is 739 g/mol. The Morgan fingerprint density at radius 2 is 1.42 bits per heavy atom. The van der Waals surface area contributed by atoms with E-state index in [1.54, 1.807) is 23.5 Å². The van der Waals surface area contributed by atoms with Gasteiger partial charge in [-0.2, -0.15) is 4.57 Å². The Bertz CT molecular complexity index is 1190. The molecule has 1 saturated heterocycles. The molecular formula is C39H66N2O7S2. The standard InChI is InChI=1S/C32H58N2O4S.C7H8O3S/c1-2-3-4-5-6-7-8-9-10-11-12-13-14-16-19-22-31-36-27-30(38-31)28-37-32(35)33-23-20-17-15-18-21-24-34-25-26-39-29-34;1-6-2-4-7(5-3-6)11(8,9)10/h25-26,29-31H,2-24,27-28H2,1H3;2-5H,1H3,(H,8,9,10)/t30-,31+;/m0./s1. The molecule has 1 aromatic heterocycles. The molecule has 0 unspecified atom stereocenters. The summed E-state index contributed by atoms with van der Waals surface area (Å²) in [5, 5.41) is 4.96. The maximum Gasteiger partial charge on any atom is 0.407 e. The predicted octanol–water partition coefficient (Wildman–Crippen LogP) is 9.61. The van der Waals surface area contributed by atoms with Gasteiger partial charge >= 0.3 is 6.09 Å². The summed E-state index contributed by atoms with van der Waals surface area (Å²) in [7, 11) is -4.27. The first-order valence-corrected chi connectivity index (χ1v) is 21.7. The first-order valence-electron chi connectivity index (χ1n) is 19.4. The van der Waals surface area contributed by atoms with Crippen molar-refractivity contribution in [1.29, 1.82) is 0 Å². The number of alkyl carbamates (subject to hydrolysis) is 1. The van der Waals surface area contributed by atoms with Gasteiger partial charge in [-0.15, -0.1) is 0 Å². The van der Waals surface area contributed by atoms with Crippen molar-refractivity contribution in [1.82, 2.24) is 5.32 Å². The minimum absolute atomic E-state index is 0.137. The molecule has 0 aliphatic carbocycles. The number of carbonyl (C=O) groups is 1. The summed E-state index contributed by atoms with van der Waals surface area (Å²) in [5.41, 5.74) is 3.08. The van der Waals surface area contributed by atoms with Crippen molar-refractivity contribution in [2.45, 2.75) is 173 Å². The lowest BCUT2D eigenvalue weighted by Gasteiger charge is -2.12. The lowest BCUT2D eigenvalue weighted by molar-refractivity contribution is -0.692. The van der Waals surface area contributed by atoms with Gasteiger partial charge in [0.25, 0.3) is 0 Å². The number of ether oxygens (including phenoxy) is 3. The molecule has 50 heavy (non-hydrogen) atoms. The number of aryl methyl sites for hydroxylation is 2. The van der Waals surface area contributed by atoms with Gasteiger partial charge in [0.15, 0.2) is 12.5 Å². The molecule has 2 aromatic rings. The van der Waals surface area contributed by atoms with E-state index in [0.29, 0.717) is 13.2 Å². The van der Waals surface area contributed by atoms with E-state index < -0.39 is 10.1 Å². The van der Waals surface area contributed by atoms with Crippen molar-refractivity contribution in [2.24, 2.45) is 0 Å². The number of thiazole rings is 1. The first-order chi connectivity index (χ1) is 24.3. The molecule has 286 valence electrons. The molecule has 3 rings (SSSR count). The molecule has 1 aliphatic heterocycles. The third kappa shape index (κ3) is 23.4. The number of benzene rings is 1. The molecular weight excluding hydrogens is 673 g/mol. The molecule has 2 atom stereocenters. The predicted molar refractivity (Wildman–Crippen MR) is 200 cm³/mol. The second-order valence-electron chi connectivity index (χ2n) is 13.6. The van der Waals surface area contributed by atoms with Crippen LogP contribution in [0.1, 0.15) is 147 Å². The molecule has 0 radical (unpaired) electrons. The highest BCUT2D eigenvalue weighted by Gasteiger charge is 2.26. The van der Waals surface area contributed by atoms with E-state index in [9.17, 15) is 17.8 Å². The van der Waals surface area contributed by atoms with E-state index >= 15 is 0 Å². The number of nitrogens with one attached hydrogen (secondary N) is 1. The van der Waals surface area contributed by atoms with Crippen LogP contribution in [0, 0.1) is 6.92 Å². The Hall–Kier alpha value is -2.05. The number of unbranched alkanes of at least 4 members (excludes halogenated alkanes) is 18. The average Bonchev–Trinajstić information content (AvgIpc) is 3.79. The highest BCUT2D eigenvalue weighted by molar-refractivity contribution is 7.85. The maximum atomic E-state index is 11.9. The number of aromatic nitrogens is 1. The molecule has 11 heteroatoms. The maximum absolute atomic E-state index is 11.9. The van der Waals surface area contributed by atoms with Crippen molar-refractivity contribution in [3.63, 3.8) is 0 Å². The third-order valence-electron chi connectivity index (χ3n) is 8.96. The van der Waals surface area contributed by atoms with Gasteiger partial charge in [-0.1, -0.05) is 139 Å². The topological polar surface area (TPSA) is 118 Å². The van der Waals surface area contributed by atoms with Crippen molar-refractivity contribution < 1.29 is 36.5 Å². The fraction of sp³-hybridized carbons (Fsp3) is 0.744. The summed E-state index contributed by atoms with van der Waals surface area (Å²) in [5.74, 6) is 0. The van der Waals surface area contributed by atoms with Crippen LogP contribution in [-0.4, -0.2) is 51.2 Å². The summed E-state index contributed by atoms with van der Waals surface area (Å²) in [6.45, 7) is 6.65. The number of nitrogens with zero attached hydrogens (tertiary/aromatic N) is 1. The van der Waals surface area contributed by atoms with Crippen LogP contribution in [0.2, 0.25) is 0 Å². The van der Waals surface area contributed by atoms with Crippen LogP contribution in [0.15, 0.2) is 46.2 Å². The Morgan fingerprint density at radius 3 is 1.98 bits per heavy atom. The normalized spacial score (nSPS) is 15.8. The molecule has 9 nitrogen and oxygen atoms in total. The minimum atomic E-state index is -4.27. The van der Waals surface area contributed by atoms with Gasteiger partial charge in [0.2, 0.25) is 5.51 Å². The third-order valence-corrected chi connectivity index (χ3v) is 10.5. The van der Waals surface area contributed by atoms with E-state index in [1.165, 1.54) is 121 Å². The van der Waals surface area contributed by atoms with Crippen LogP contribution in [-0.2, 0) is 30.9 Å². The Kier molecular flexibility index (Phi) is 25.2. The molecule has 1 aliphatic rings. The van der Waals surface area contributed by atoms with E-state index in [0.717, 1.165) is 37.8 Å². The summed E-state index contributed by atoms with van der Waals surface area (Å²) < 4.78 is 50.4. The highest BCUT2D eigenvalue weighted by Crippen LogP contribution is 2.19. The van der Waals surface area contributed by atoms with Crippen LogP contribution in [0.3, 0.4) is 0 Å². The van der Waals surface area contributed by atoms with E-state index in [2.05, 4.69) is 33.9 Å². The minimum Gasteiger partial charge on any atom is -0.744 e. The number of carbonyl (C=O) groups excluding carboxylic acids is 1. The van der Waals surface area contributed by atoms with Crippen molar-refractivity contribution >= 4 is 27.5 Å². The molecule has 1 aromatic carbocycles. The van der Waals surface area contributed by atoms with Crippen molar-refractivity contribution in [2.75, 3.05) is 19.8 Å². The lowest BCUT2D eigenvalue weighted by atomic mass is 10.0. The van der Waals surface area contributed by atoms with Crippen LogP contribution in [0.4, 0.5) is 4.79 Å². The Balaban J connectivity index is 0.000000666. The zero-order chi connectivity index (χ0) is 36.1. The van der Waals surface area contributed by atoms with Gasteiger partial charge in [-0.05, 0) is 44.7 Å². The molecule has 1 fully saturated rings. The lowest BCUT2D eigenvalue weighted by Crippen LogP contribution is -2.30. The van der Waals surface area contributed by atoms with Crippen molar-refractivity contribution in [3.8, 4) is 0 Å². The van der Waals surface area contributed by atoms with Gasteiger partial charge in [-0.25, -0.2) is 13.2 Å². The second kappa shape index (κ2) is 28.5. The number of hydrogen-bond donors (Lipinski definition) is 1. The fourth-order valence-electron chi connectivity index (χ4n) is 5.88. The molecule has 0 spiro atoms. The largest absolute Gasteiger partial charge is 0.744 e. The van der Waals surface area contributed by atoms with Crippen molar-refractivity contribution in [3.05, 3.63) is 46.9 Å². The highest BCUT2D eigenvalue weighted by atomic mass is 32.2. The fourth-order valence-corrected chi connectivity index (χ4v) is 6.98. The zero-order valence-electron chi connectivity index (χ0n) is 31.0. The van der Waals surface area contributed by atoms with E-state index in [1.807, 2.05) is 6.92 Å². The summed E-state index contributed by atoms with van der Waals surface area (Å²) in [4.78, 5) is 11.8. The van der Waals surface area contributed by atoms with Gasteiger partial charge in [0.05, 0.1) is 16.9 Å². The van der Waals surface area contributed by atoms with Crippen LogP contribution >= 0.6 is 11.3 Å². The summed E-state index contributed by atoms with van der Waals surface area (Å²) in [6, 6.07) is 5.78. The quantitative estimate of drug-likeness (QED) is 0.0551. The molecule has 1 amide bonds. The number of rotatable bonds is 27. The Morgan fingerprint density at radius 1 is 0.860 bits per heavy atom. The monoisotopic (exact) mass is 738 g/mol. The first kappa shape index (κ1) is 44.1. The van der Waals surface area contributed by atoms with Gasteiger partial charge in [0, 0.05) is 13.0 Å². The van der Waals surface area contributed by atoms with Gasteiger partial charge < -0.3 is 24.1 Å². The van der Waals surface area contributed by atoms with Crippen LogP contribution in [0.25, 0.3) is 0 Å². The second-order valence-corrected chi connectivity index (χ2v) is 15.7.